The molecule has 1 aromatic carbocycles. The molecule has 0 saturated carbocycles. The summed E-state index contributed by atoms with van der Waals surface area (Å²) in [5, 5.41) is 6.47. The van der Waals surface area contributed by atoms with E-state index >= 15 is 0 Å². The first kappa shape index (κ1) is 17.8. The molecule has 1 aliphatic rings. The highest BCUT2D eigenvalue weighted by atomic mass is 35.5. The summed E-state index contributed by atoms with van der Waals surface area (Å²) in [7, 11) is 0. The molecular formula is C16H25ClN2O2. The molecule has 0 radical (unpaired) electrons. The van der Waals surface area contributed by atoms with Crippen LogP contribution in [0.15, 0.2) is 24.3 Å². The van der Waals surface area contributed by atoms with Crippen LogP contribution in [0, 0.1) is 0 Å². The van der Waals surface area contributed by atoms with Crippen LogP contribution >= 0.6 is 12.4 Å². The van der Waals surface area contributed by atoms with Gasteiger partial charge >= 0.3 is 0 Å². The lowest BCUT2D eigenvalue weighted by molar-refractivity contribution is 0.0887. The first-order valence-corrected chi connectivity index (χ1v) is 7.39. The number of amides is 1. The molecule has 0 aliphatic carbocycles. The Kier molecular flexibility index (Phi) is 6.99. The van der Waals surface area contributed by atoms with Crippen molar-refractivity contribution in [2.24, 2.45) is 0 Å². The van der Waals surface area contributed by atoms with Gasteiger partial charge in [0.1, 0.15) is 5.75 Å². The molecule has 1 saturated heterocycles. The summed E-state index contributed by atoms with van der Waals surface area (Å²) in [4.78, 5) is 12.4. The SMILES string of the molecule is CCCOc1cccc(C(=O)NC2(C)CCNCC2)c1.Cl. The zero-order chi connectivity index (χ0) is 14.4. The Bertz CT molecular complexity index is 459. The molecule has 1 aliphatic heterocycles. The van der Waals surface area contributed by atoms with E-state index < -0.39 is 0 Å². The van der Waals surface area contributed by atoms with Crippen LogP contribution in [0.2, 0.25) is 0 Å². The lowest BCUT2D eigenvalue weighted by atomic mass is 9.90. The maximum absolute atomic E-state index is 12.4. The Hall–Kier alpha value is -1.26. The molecule has 0 aromatic heterocycles. The topological polar surface area (TPSA) is 50.4 Å². The predicted molar refractivity (Wildman–Crippen MR) is 87.5 cm³/mol. The number of nitrogens with one attached hydrogen (secondary N) is 2. The second kappa shape index (κ2) is 8.25. The van der Waals surface area contributed by atoms with Crippen LogP contribution in [-0.2, 0) is 0 Å². The quantitative estimate of drug-likeness (QED) is 0.879. The van der Waals surface area contributed by atoms with Gasteiger partial charge in [-0.2, -0.15) is 0 Å². The third kappa shape index (κ3) is 5.21. The van der Waals surface area contributed by atoms with E-state index in [0.29, 0.717) is 12.2 Å². The van der Waals surface area contributed by atoms with Crippen LogP contribution in [0.5, 0.6) is 5.75 Å². The van der Waals surface area contributed by atoms with Gasteiger partial charge in [-0.15, -0.1) is 12.4 Å². The molecule has 21 heavy (non-hydrogen) atoms. The smallest absolute Gasteiger partial charge is 0.251 e. The molecule has 2 N–H and O–H groups in total. The lowest BCUT2D eigenvalue weighted by Gasteiger charge is -2.35. The highest BCUT2D eigenvalue weighted by molar-refractivity contribution is 5.95. The molecule has 1 amide bonds. The third-order valence-corrected chi connectivity index (χ3v) is 3.69. The van der Waals surface area contributed by atoms with Gasteiger partial charge in [-0.1, -0.05) is 13.0 Å². The fourth-order valence-corrected chi connectivity index (χ4v) is 2.40. The summed E-state index contributed by atoms with van der Waals surface area (Å²) in [5.74, 6) is 0.742. The van der Waals surface area contributed by atoms with E-state index in [1.165, 1.54) is 0 Å². The molecular weight excluding hydrogens is 288 g/mol. The van der Waals surface area contributed by atoms with Crippen molar-refractivity contribution in [3.63, 3.8) is 0 Å². The van der Waals surface area contributed by atoms with E-state index in [9.17, 15) is 4.79 Å². The van der Waals surface area contributed by atoms with Gasteiger partial charge in [-0.3, -0.25) is 4.79 Å². The van der Waals surface area contributed by atoms with Crippen LogP contribution in [0.25, 0.3) is 0 Å². The van der Waals surface area contributed by atoms with Crippen molar-refractivity contribution in [1.29, 1.82) is 0 Å². The zero-order valence-corrected chi connectivity index (χ0v) is 13.6. The van der Waals surface area contributed by atoms with E-state index in [2.05, 4.69) is 24.5 Å². The second-order valence-electron chi connectivity index (χ2n) is 5.64. The Morgan fingerprint density at radius 2 is 2.10 bits per heavy atom. The Morgan fingerprint density at radius 3 is 2.76 bits per heavy atom. The summed E-state index contributed by atoms with van der Waals surface area (Å²) in [5.41, 5.74) is 0.557. The molecule has 0 bridgehead atoms. The highest BCUT2D eigenvalue weighted by Gasteiger charge is 2.28. The van der Waals surface area contributed by atoms with E-state index in [0.717, 1.165) is 38.1 Å². The number of rotatable bonds is 5. The van der Waals surface area contributed by atoms with Crippen molar-refractivity contribution in [2.45, 2.75) is 38.6 Å². The molecule has 0 spiro atoms. The predicted octanol–water partition coefficient (Wildman–Crippen LogP) is 2.77. The molecule has 1 aromatic rings. The van der Waals surface area contributed by atoms with Crippen LogP contribution in [0.1, 0.15) is 43.5 Å². The van der Waals surface area contributed by atoms with E-state index in [4.69, 9.17) is 4.74 Å². The maximum atomic E-state index is 12.4. The molecule has 0 unspecified atom stereocenters. The van der Waals surface area contributed by atoms with E-state index in [-0.39, 0.29) is 23.9 Å². The standard InChI is InChI=1S/C16H24N2O2.ClH/c1-3-11-20-14-6-4-5-13(12-14)15(19)18-16(2)7-9-17-10-8-16;/h4-6,12,17H,3,7-11H2,1-2H3,(H,18,19);1H. The first-order valence-electron chi connectivity index (χ1n) is 7.39. The van der Waals surface area contributed by atoms with Gasteiger partial charge in [0.2, 0.25) is 0 Å². The normalized spacial score (nSPS) is 16.7. The minimum absolute atomic E-state index is 0. The van der Waals surface area contributed by atoms with E-state index in [1.807, 2.05) is 24.3 Å². The van der Waals surface area contributed by atoms with Crippen LogP contribution in [-0.4, -0.2) is 31.1 Å². The van der Waals surface area contributed by atoms with Gasteiger partial charge in [0, 0.05) is 11.1 Å². The number of carbonyl (C=O) groups excluding carboxylic acids is 1. The Balaban J connectivity index is 0.00000220. The van der Waals surface area contributed by atoms with Crippen molar-refractivity contribution in [2.75, 3.05) is 19.7 Å². The number of piperidine rings is 1. The number of ether oxygens (including phenoxy) is 1. The number of carbonyl (C=O) groups is 1. The van der Waals surface area contributed by atoms with Gasteiger partial charge < -0.3 is 15.4 Å². The molecule has 118 valence electrons. The third-order valence-electron chi connectivity index (χ3n) is 3.69. The number of hydrogen-bond acceptors (Lipinski definition) is 3. The fourth-order valence-electron chi connectivity index (χ4n) is 2.40. The first-order chi connectivity index (χ1) is 9.63. The average Bonchev–Trinajstić information content (AvgIpc) is 2.45. The van der Waals surface area contributed by atoms with E-state index in [1.54, 1.807) is 0 Å². The summed E-state index contributed by atoms with van der Waals surface area (Å²) in [6, 6.07) is 7.40. The summed E-state index contributed by atoms with van der Waals surface area (Å²) in [6.45, 7) is 6.76. The zero-order valence-electron chi connectivity index (χ0n) is 12.8. The van der Waals surface area contributed by atoms with Crippen LogP contribution in [0.3, 0.4) is 0 Å². The number of benzene rings is 1. The van der Waals surface area contributed by atoms with Crippen molar-refractivity contribution < 1.29 is 9.53 Å². The molecule has 1 fully saturated rings. The summed E-state index contributed by atoms with van der Waals surface area (Å²) >= 11 is 0. The van der Waals surface area contributed by atoms with Gasteiger partial charge in [0.05, 0.1) is 6.61 Å². The second-order valence-corrected chi connectivity index (χ2v) is 5.64. The van der Waals surface area contributed by atoms with Crippen molar-refractivity contribution >= 4 is 18.3 Å². The molecule has 1 heterocycles. The van der Waals surface area contributed by atoms with Crippen molar-refractivity contribution in [3.05, 3.63) is 29.8 Å². The number of halogens is 1. The lowest BCUT2D eigenvalue weighted by Crippen LogP contribution is -2.52. The molecule has 0 atom stereocenters. The van der Waals surface area contributed by atoms with Crippen molar-refractivity contribution in [3.8, 4) is 5.75 Å². The van der Waals surface area contributed by atoms with Gasteiger partial charge in [-0.05, 0) is 57.5 Å². The average molecular weight is 313 g/mol. The summed E-state index contributed by atoms with van der Waals surface area (Å²) < 4.78 is 5.57. The van der Waals surface area contributed by atoms with Crippen molar-refractivity contribution in [1.82, 2.24) is 10.6 Å². The monoisotopic (exact) mass is 312 g/mol. The largest absolute Gasteiger partial charge is 0.494 e. The highest BCUT2D eigenvalue weighted by Crippen LogP contribution is 2.19. The van der Waals surface area contributed by atoms with Crippen LogP contribution in [0.4, 0.5) is 0 Å². The van der Waals surface area contributed by atoms with Gasteiger partial charge in [0.25, 0.3) is 5.91 Å². The minimum atomic E-state index is -0.109. The maximum Gasteiger partial charge on any atom is 0.251 e. The molecule has 5 heteroatoms. The summed E-state index contributed by atoms with van der Waals surface area (Å²) in [6.07, 6.45) is 2.89. The van der Waals surface area contributed by atoms with Gasteiger partial charge in [0.15, 0.2) is 0 Å². The molecule has 4 nitrogen and oxygen atoms in total. The van der Waals surface area contributed by atoms with Gasteiger partial charge in [-0.25, -0.2) is 0 Å². The van der Waals surface area contributed by atoms with Crippen LogP contribution < -0.4 is 15.4 Å². The Labute approximate surface area is 133 Å². The minimum Gasteiger partial charge on any atom is -0.494 e. The number of hydrogen-bond donors (Lipinski definition) is 2. The fraction of sp³-hybridized carbons (Fsp3) is 0.562. The molecule has 2 rings (SSSR count). The Morgan fingerprint density at radius 1 is 1.38 bits per heavy atom.